The Bertz CT molecular complexity index is 2250. The SMILES string of the molecule is CC1(C)c2ccccc2-c2c1ccc1c2c2ccccc2n1N1C(c2ccccc2)=CC1c1cccc(-c2ccccc2)c1. The zero-order valence-electron chi connectivity index (χ0n) is 24.9. The molecule has 1 aliphatic carbocycles. The maximum atomic E-state index is 2.52. The van der Waals surface area contributed by atoms with Gasteiger partial charge in [-0.25, -0.2) is 0 Å². The van der Waals surface area contributed by atoms with Gasteiger partial charge >= 0.3 is 0 Å². The van der Waals surface area contributed by atoms with E-state index in [0.29, 0.717) is 0 Å². The summed E-state index contributed by atoms with van der Waals surface area (Å²) in [6.45, 7) is 4.73. The van der Waals surface area contributed by atoms with Crippen molar-refractivity contribution in [3.8, 4) is 22.3 Å². The topological polar surface area (TPSA) is 8.17 Å². The molecule has 210 valence electrons. The molecule has 6 aromatic carbocycles. The highest BCUT2D eigenvalue weighted by molar-refractivity contribution is 6.17. The smallest absolute Gasteiger partial charge is 0.0965 e. The molecule has 0 N–H and O–H groups in total. The minimum Gasteiger partial charge on any atom is -0.269 e. The molecule has 0 amide bonds. The van der Waals surface area contributed by atoms with E-state index >= 15 is 0 Å². The lowest BCUT2D eigenvalue weighted by molar-refractivity contribution is 0.630. The fraction of sp³-hybridized carbons (Fsp3) is 0.0952. The van der Waals surface area contributed by atoms with Crippen molar-refractivity contribution in [1.82, 2.24) is 4.68 Å². The summed E-state index contributed by atoms with van der Waals surface area (Å²) in [6, 6.07) is 53.3. The maximum absolute atomic E-state index is 2.52. The largest absolute Gasteiger partial charge is 0.269 e. The van der Waals surface area contributed by atoms with Crippen LogP contribution in [0.2, 0.25) is 0 Å². The van der Waals surface area contributed by atoms with Gasteiger partial charge in [-0.15, -0.1) is 0 Å². The molecule has 9 rings (SSSR count). The Morgan fingerprint density at radius 2 is 1.23 bits per heavy atom. The van der Waals surface area contributed by atoms with Gasteiger partial charge in [-0.2, -0.15) is 0 Å². The van der Waals surface area contributed by atoms with Gasteiger partial charge in [0.1, 0.15) is 0 Å². The summed E-state index contributed by atoms with van der Waals surface area (Å²) in [4.78, 5) is 0. The quantitative estimate of drug-likeness (QED) is 0.206. The molecule has 0 saturated heterocycles. The summed E-state index contributed by atoms with van der Waals surface area (Å²) < 4.78 is 2.49. The minimum atomic E-state index is -0.0460. The normalized spacial score (nSPS) is 16.5. The van der Waals surface area contributed by atoms with E-state index in [1.54, 1.807) is 0 Å². The van der Waals surface area contributed by atoms with E-state index < -0.39 is 0 Å². The first kappa shape index (κ1) is 25.2. The average molecular weight is 565 g/mol. The summed E-state index contributed by atoms with van der Waals surface area (Å²) in [5, 5.41) is 5.15. The van der Waals surface area contributed by atoms with E-state index in [9.17, 15) is 0 Å². The molecular weight excluding hydrogens is 532 g/mol. The number of fused-ring (bicyclic) bond motifs is 7. The van der Waals surface area contributed by atoms with Crippen molar-refractivity contribution in [2.45, 2.75) is 25.3 Å². The molecule has 2 heteroatoms. The van der Waals surface area contributed by atoms with Crippen molar-refractivity contribution in [2.75, 3.05) is 5.01 Å². The van der Waals surface area contributed by atoms with Crippen LogP contribution in [0.4, 0.5) is 0 Å². The number of hydrogen-bond acceptors (Lipinski definition) is 1. The van der Waals surface area contributed by atoms with Gasteiger partial charge in [0.2, 0.25) is 0 Å². The van der Waals surface area contributed by atoms with Crippen LogP contribution in [-0.2, 0) is 5.41 Å². The Labute approximate surface area is 258 Å². The van der Waals surface area contributed by atoms with Crippen molar-refractivity contribution in [3.63, 3.8) is 0 Å². The summed E-state index contributed by atoms with van der Waals surface area (Å²) in [7, 11) is 0. The molecule has 1 unspecified atom stereocenters. The van der Waals surface area contributed by atoms with E-state index in [-0.39, 0.29) is 11.5 Å². The highest BCUT2D eigenvalue weighted by Crippen LogP contribution is 2.53. The molecule has 0 fully saturated rings. The zero-order chi connectivity index (χ0) is 29.4. The lowest BCUT2D eigenvalue weighted by Gasteiger charge is -2.43. The monoisotopic (exact) mass is 564 g/mol. The van der Waals surface area contributed by atoms with Crippen LogP contribution in [0.3, 0.4) is 0 Å². The third kappa shape index (κ3) is 3.48. The Kier molecular flexibility index (Phi) is 5.34. The van der Waals surface area contributed by atoms with Crippen LogP contribution in [0.1, 0.15) is 42.1 Å². The number of para-hydroxylation sites is 1. The first-order valence-corrected chi connectivity index (χ1v) is 15.5. The predicted octanol–water partition coefficient (Wildman–Crippen LogP) is 10.5. The fourth-order valence-electron chi connectivity index (χ4n) is 7.67. The third-order valence-electron chi connectivity index (χ3n) is 9.80. The van der Waals surface area contributed by atoms with Gasteiger partial charge in [0.05, 0.1) is 22.8 Å². The minimum absolute atomic E-state index is 0.0460. The molecule has 0 saturated carbocycles. The molecule has 0 radical (unpaired) electrons. The van der Waals surface area contributed by atoms with Crippen LogP contribution < -0.4 is 5.01 Å². The van der Waals surface area contributed by atoms with Gasteiger partial charge in [-0.1, -0.05) is 141 Å². The van der Waals surface area contributed by atoms with Crippen molar-refractivity contribution < 1.29 is 0 Å². The van der Waals surface area contributed by atoms with Gasteiger partial charge in [0, 0.05) is 16.2 Å². The number of hydrogen-bond donors (Lipinski definition) is 0. The highest BCUT2D eigenvalue weighted by atomic mass is 15.6. The van der Waals surface area contributed by atoms with E-state index in [2.05, 4.69) is 175 Å². The molecule has 0 bridgehead atoms. The fourth-order valence-corrected chi connectivity index (χ4v) is 7.67. The number of aromatic nitrogens is 1. The third-order valence-corrected chi connectivity index (χ3v) is 9.80. The number of rotatable bonds is 4. The molecule has 1 aliphatic heterocycles. The Hall–Kier alpha value is -5.34. The summed E-state index contributed by atoms with van der Waals surface area (Å²) in [6.07, 6.45) is 2.42. The molecule has 1 aromatic heterocycles. The molecule has 0 spiro atoms. The second kappa shape index (κ2) is 9.33. The van der Waals surface area contributed by atoms with Crippen LogP contribution >= 0.6 is 0 Å². The second-order valence-corrected chi connectivity index (χ2v) is 12.6. The molecule has 44 heavy (non-hydrogen) atoms. The Morgan fingerprint density at radius 1 is 0.545 bits per heavy atom. The van der Waals surface area contributed by atoms with Crippen LogP contribution in [-0.4, -0.2) is 4.68 Å². The van der Waals surface area contributed by atoms with Crippen LogP contribution in [0.5, 0.6) is 0 Å². The van der Waals surface area contributed by atoms with Crippen LogP contribution in [0.15, 0.2) is 152 Å². The molecule has 2 aliphatic rings. The zero-order valence-corrected chi connectivity index (χ0v) is 24.9. The van der Waals surface area contributed by atoms with E-state index in [4.69, 9.17) is 0 Å². The lowest BCUT2D eigenvalue weighted by atomic mass is 9.82. The summed E-state index contributed by atoms with van der Waals surface area (Å²) in [5.41, 5.74) is 14.2. The summed E-state index contributed by atoms with van der Waals surface area (Å²) in [5.74, 6) is 0. The van der Waals surface area contributed by atoms with Crippen molar-refractivity contribution >= 4 is 27.5 Å². The van der Waals surface area contributed by atoms with Gasteiger partial charge in [0.25, 0.3) is 0 Å². The molecular formula is C42H32N2. The van der Waals surface area contributed by atoms with Gasteiger partial charge in [0.15, 0.2) is 0 Å². The van der Waals surface area contributed by atoms with E-state index in [1.807, 2.05) is 0 Å². The maximum Gasteiger partial charge on any atom is 0.0965 e. The number of nitrogens with zero attached hydrogens (tertiary/aromatic N) is 2. The van der Waals surface area contributed by atoms with Gasteiger partial charge in [-0.05, 0) is 68.8 Å². The highest BCUT2D eigenvalue weighted by Gasteiger charge is 2.39. The first-order chi connectivity index (χ1) is 21.6. The van der Waals surface area contributed by atoms with Gasteiger partial charge in [-0.3, -0.25) is 9.69 Å². The average Bonchev–Trinajstić information content (AvgIpc) is 3.50. The molecule has 7 aromatic rings. The molecule has 1 atom stereocenters. The standard InChI is InChI=1S/C42H32N2/c1-42(2)34-22-11-9-20-32(34)40-35(42)24-25-37-41(40)33-21-10-12-23-36(33)43(37)44-38(29-16-7-4-8-17-29)27-39(44)31-19-13-18-30(26-31)28-14-5-3-6-15-28/h3-27,39H,1-2H3. The van der Waals surface area contributed by atoms with Crippen molar-refractivity contribution in [2.24, 2.45) is 0 Å². The Balaban J connectivity index is 1.31. The number of benzene rings is 6. The van der Waals surface area contributed by atoms with Crippen molar-refractivity contribution in [1.29, 1.82) is 0 Å². The predicted molar refractivity (Wildman–Crippen MR) is 184 cm³/mol. The van der Waals surface area contributed by atoms with Crippen LogP contribution in [0.25, 0.3) is 49.8 Å². The van der Waals surface area contributed by atoms with E-state index in [1.165, 1.54) is 72.0 Å². The van der Waals surface area contributed by atoms with Crippen LogP contribution in [0, 0.1) is 0 Å². The lowest BCUT2D eigenvalue weighted by Crippen LogP contribution is -2.42. The van der Waals surface area contributed by atoms with E-state index in [0.717, 1.165) is 0 Å². The molecule has 2 heterocycles. The second-order valence-electron chi connectivity index (χ2n) is 12.6. The molecule has 2 nitrogen and oxygen atoms in total. The Morgan fingerprint density at radius 3 is 2.05 bits per heavy atom. The van der Waals surface area contributed by atoms with Crippen molar-refractivity contribution in [3.05, 3.63) is 174 Å². The van der Waals surface area contributed by atoms with Gasteiger partial charge < -0.3 is 0 Å². The first-order valence-electron chi connectivity index (χ1n) is 15.5. The summed E-state index contributed by atoms with van der Waals surface area (Å²) >= 11 is 0.